The van der Waals surface area contributed by atoms with Gasteiger partial charge in [0.1, 0.15) is 5.75 Å². The number of carbonyl (C=O) groups is 1. The SMILES string of the molecule is COc1ccccc1C(NC(=O)N1CCS(=O)(=O)CC1)c1ccccc1. The molecule has 6 nitrogen and oxygen atoms in total. The first-order chi connectivity index (χ1) is 12.5. The normalized spacial score (nSPS) is 17.3. The molecule has 1 aliphatic heterocycles. The molecule has 0 radical (unpaired) electrons. The average molecular weight is 374 g/mol. The first kappa shape index (κ1) is 18.3. The molecule has 0 aromatic heterocycles. The fourth-order valence-corrected chi connectivity index (χ4v) is 4.22. The van der Waals surface area contributed by atoms with Crippen molar-refractivity contribution >= 4 is 15.9 Å². The Bertz CT molecular complexity index is 854. The Morgan fingerprint density at radius 2 is 1.65 bits per heavy atom. The molecule has 1 heterocycles. The van der Waals surface area contributed by atoms with E-state index in [0.717, 1.165) is 11.1 Å². The number of methoxy groups -OCH3 is 1. The largest absolute Gasteiger partial charge is 0.496 e. The highest BCUT2D eigenvalue weighted by Gasteiger charge is 2.28. The Kier molecular flexibility index (Phi) is 5.46. The molecular weight excluding hydrogens is 352 g/mol. The minimum absolute atomic E-state index is 0.00504. The van der Waals surface area contributed by atoms with Gasteiger partial charge in [0, 0.05) is 18.7 Å². The van der Waals surface area contributed by atoms with Crippen LogP contribution >= 0.6 is 0 Å². The molecule has 0 saturated carbocycles. The summed E-state index contributed by atoms with van der Waals surface area (Å²) in [6, 6.07) is 16.5. The molecule has 1 saturated heterocycles. The number of urea groups is 1. The minimum Gasteiger partial charge on any atom is -0.496 e. The number of para-hydroxylation sites is 1. The molecule has 2 aromatic rings. The van der Waals surface area contributed by atoms with Gasteiger partial charge >= 0.3 is 6.03 Å². The van der Waals surface area contributed by atoms with E-state index < -0.39 is 15.9 Å². The van der Waals surface area contributed by atoms with Crippen LogP contribution in [-0.4, -0.2) is 51.1 Å². The Labute approximate surface area is 153 Å². The van der Waals surface area contributed by atoms with Gasteiger partial charge in [-0.3, -0.25) is 0 Å². The average Bonchev–Trinajstić information content (AvgIpc) is 2.66. The molecule has 2 aromatic carbocycles. The number of hydrogen-bond acceptors (Lipinski definition) is 4. The van der Waals surface area contributed by atoms with Crippen LogP contribution in [0.15, 0.2) is 54.6 Å². The summed E-state index contributed by atoms with van der Waals surface area (Å²) in [5.41, 5.74) is 1.77. The molecular formula is C19H22N2O4S. The lowest BCUT2D eigenvalue weighted by Gasteiger charge is -2.30. The third kappa shape index (κ3) is 4.16. The molecule has 3 rings (SSSR count). The quantitative estimate of drug-likeness (QED) is 0.890. The first-order valence-corrected chi connectivity index (χ1v) is 10.3. The highest BCUT2D eigenvalue weighted by Crippen LogP contribution is 2.30. The third-order valence-electron chi connectivity index (χ3n) is 4.48. The van der Waals surface area contributed by atoms with Crippen LogP contribution in [0.2, 0.25) is 0 Å². The number of nitrogens with zero attached hydrogens (tertiary/aromatic N) is 1. The first-order valence-electron chi connectivity index (χ1n) is 8.44. The Hall–Kier alpha value is -2.54. The van der Waals surface area contributed by atoms with E-state index in [4.69, 9.17) is 4.74 Å². The van der Waals surface area contributed by atoms with Gasteiger partial charge in [-0.2, -0.15) is 0 Å². The molecule has 2 amide bonds. The van der Waals surface area contributed by atoms with Gasteiger partial charge in [0.25, 0.3) is 0 Å². The predicted molar refractivity (Wildman–Crippen MR) is 100 cm³/mol. The predicted octanol–water partition coefficient (Wildman–Crippen LogP) is 2.22. The smallest absolute Gasteiger partial charge is 0.318 e. The summed E-state index contributed by atoms with van der Waals surface area (Å²) in [6.45, 7) is 0.420. The molecule has 1 N–H and O–H groups in total. The maximum absolute atomic E-state index is 12.7. The van der Waals surface area contributed by atoms with E-state index in [1.807, 2.05) is 54.6 Å². The minimum atomic E-state index is -3.03. The fraction of sp³-hybridized carbons (Fsp3) is 0.316. The molecule has 1 unspecified atom stereocenters. The molecule has 0 bridgehead atoms. The van der Waals surface area contributed by atoms with E-state index in [1.54, 1.807) is 12.0 Å². The summed E-state index contributed by atoms with van der Waals surface area (Å²) in [5, 5.41) is 3.03. The lowest BCUT2D eigenvalue weighted by molar-refractivity contribution is 0.199. The molecule has 1 fully saturated rings. The van der Waals surface area contributed by atoms with Crippen LogP contribution in [0, 0.1) is 0 Å². The van der Waals surface area contributed by atoms with E-state index in [2.05, 4.69) is 5.32 Å². The van der Waals surface area contributed by atoms with Crippen LogP contribution in [0.5, 0.6) is 5.75 Å². The zero-order chi connectivity index (χ0) is 18.6. The number of benzene rings is 2. The summed E-state index contributed by atoms with van der Waals surface area (Å²) in [5.74, 6) is 0.693. The molecule has 1 atom stereocenters. The Morgan fingerprint density at radius 1 is 1.04 bits per heavy atom. The lowest BCUT2D eigenvalue weighted by atomic mass is 9.98. The number of amides is 2. The summed E-state index contributed by atoms with van der Waals surface area (Å²) in [4.78, 5) is 14.3. The number of hydrogen-bond donors (Lipinski definition) is 1. The maximum Gasteiger partial charge on any atom is 0.318 e. The van der Waals surface area contributed by atoms with Crippen molar-refractivity contribution in [2.24, 2.45) is 0 Å². The molecule has 7 heteroatoms. The van der Waals surface area contributed by atoms with Crippen molar-refractivity contribution in [3.63, 3.8) is 0 Å². The highest BCUT2D eigenvalue weighted by atomic mass is 32.2. The van der Waals surface area contributed by atoms with Crippen molar-refractivity contribution in [3.8, 4) is 5.75 Å². The summed E-state index contributed by atoms with van der Waals surface area (Å²) in [7, 11) is -1.44. The highest BCUT2D eigenvalue weighted by molar-refractivity contribution is 7.91. The number of ether oxygens (including phenoxy) is 1. The van der Waals surface area contributed by atoms with E-state index >= 15 is 0 Å². The van der Waals surface area contributed by atoms with Crippen molar-refractivity contribution in [2.75, 3.05) is 31.7 Å². The van der Waals surface area contributed by atoms with Crippen LogP contribution in [0.25, 0.3) is 0 Å². The van der Waals surface area contributed by atoms with Crippen LogP contribution in [0.4, 0.5) is 4.79 Å². The van der Waals surface area contributed by atoms with E-state index in [9.17, 15) is 13.2 Å². The van der Waals surface area contributed by atoms with Crippen molar-refractivity contribution < 1.29 is 17.9 Å². The van der Waals surface area contributed by atoms with Gasteiger partial charge < -0.3 is 15.0 Å². The maximum atomic E-state index is 12.7. The zero-order valence-corrected chi connectivity index (χ0v) is 15.4. The van der Waals surface area contributed by atoms with Gasteiger partial charge in [0.2, 0.25) is 0 Å². The van der Waals surface area contributed by atoms with Gasteiger partial charge in [-0.1, -0.05) is 48.5 Å². The van der Waals surface area contributed by atoms with E-state index in [-0.39, 0.29) is 30.6 Å². The Balaban J connectivity index is 1.86. The summed E-state index contributed by atoms with van der Waals surface area (Å²) < 4.78 is 28.6. The Morgan fingerprint density at radius 3 is 2.31 bits per heavy atom. The molecule has 26 heavy (non-hydrogen) atoms. The molecule has 1 aliphatic rings. The van der Waals surface area contributed by atoms with Gasteiger partial charge in [-0.15, -0.1) is 0 Å². The van der Waals surface area contributed by atoms with Crippen molar-refractivity contribution in [3.05, 3.63) is 65.7 Å². The van der Waals surface area contributed by atoms with Gasteiger partial charge in [0.05, 0.1) is 24.7 Å². The third-order valence-corrected chi connectivity index (χ3v) is 6.09. The summed E-state index contributed by atoms with van der Waals surface area (Å²) >= 11 is 0. The van der Waals surface area contributed by atoms with E-state index in [1.165, 1.54) is 0 Å². The van der Waals surface area contributed by atoms with Gasteiger partial charge in [0.15, 0.2) is 9.84 Å². The number of rotatable bonds is 4. The number of nitrogens with one attached hydrogen (secondary N) is 1. The van der Waals surface area contributed by atoms with Crippen LogP contribution in [0.3, 0.4) is 0 Å². The van der Waals surface area contributed by atoms with Crippen molar-refractivity contribution in [1.82, 2.24) is 10.2 Å². The number of carbonyl (C=O) groups excluding carboxylic acids is 1. The van der Waals surface area contributed by atoms with Crippen LogP contribution < -0.4 is 10.1 Å². The van der Waals surface area contributed by atoms with Crippen LogP contribution in [-0.2, 0) is 9.84 Å². The second-order valence-electron chi connectivity index (χ2n) is 6.17. The fourth-order valence-electron chi connectivity index (χ4n) is 3.02. The number of sulfone groups is 1. The second kappa shape index (κ2) is 7.78. The summed E-state index contributed by atoms with van der Waals surface area (Å²) in [6.07, 6.45) is 0. The lowest BCUT2D eigenvalue weighted by Crippen LogP contribution is -2.49. The standard InChI is InChI=1S/C19H22N2O4S/c1-25-17-10-6-5-9-16(17)18(15-7-3-2-4-8-15)20-19(22)21-11-13-26(23,24)14-12-21/h2-10,18H,11-14H2,1H3,(H,20,22). The molecule has 0 spiro atoms. The van der Waals surface area contributed by atoms with E-state index in [0.29, 0.717) is 5.75 Å². The second-order valence-corrected chi connectivity index (χ2v) is 8.48. The molecule has 0 aliphatic carbocycles. The van der Waals surface area contributed by atoms with Crippen molar-refractivity contribution in [2.45, 2.75) is 6.04 Å². The zero-order valence-electron chi connectivity index (χ0n) is 14.6. The van der Waals surface area contributed by atoms with Gasteiger partial charge in [-0.05, 0) is 11.6 Å². The topological polar surface area (TPSA) is 75.7 Å². The van der Waals surface area contributed by atoms with Crippen LogP contribution in [0.1, 0.15) is 17.2 Å². The molecule has 138 valence electrons. The monoisotopic (exact) mass is 374 g/mol. The van der Waals surface area contributed by atoms with Crippen molar-refractivity contribution in [1.29, 1.82) is 0 Å². The van der Waals surface area contributed by atoms with Gasteiger partial charge in [-0.25, -0.2) is 13.2 Å².